The molecule has 0 amide bonds. The van der Waals surface area contributed by atoms with Crippen LogP contribution in [0, 0.1) is 0 Å². The summed E-state index contributed by atoms with van der Waals surface area (Å²) in [6.45, 7) is 3.70. The first-order valence-corrected chi connectivity index (χ1v) is 5.71. The fraction of sp³-hybridized carbons (Fsp3) is 0.385. The van der Waals surface area contributed by atoms with Gasteiger partial charge in [-0.3, -0.25) is 0 Å². The molecule has 0 aliphatic carbocycles. The Morgan fingerprint density at radius 2 is 1.83 bits per heavy atom. The lowest BCUT2D eigenvalue weighted by Gasteiger charge is -2.10. The minimum Gasteiger partial charge on any atom is -0.337 e. The van der Waals surface area contributed by atoms with Crippen molar-refractivity contribution in [1.82, 2.24) is 10.1 Å². The molecule has 0 radical (unpaired) electrons. The predicted octanol–water partition coefficient (Wildman–Crippen LogP) is 2.47. The summed E-state index contributed by atoms with van der Waals surface area (Å²) in [7, 11) is 0. The van der Waals surface area contributed by atoms with E-state index in [-0.39, 0.29) is 12.4 Å². The average Bonchev–Trinajstić information content (AvgIpc) is 2.76. The van der Waals surface area contributed by atoms with Gasteiger partial charge in [-0.15, -0.1) is 12.4 Å². The quantitative estimate of drug-likeness (QED) is 0.924. The highest BCUT2D eigenvalue weighted by Gasteiger charge is 2.21. The summed E-state index contributed by atoms with van der Waals surface area (Å²) in [6.07, 6.45) is 1.68. The van der Waals surface area contributed by atoms with Crippen LogP contribution in [0.1, 0.15) is 31.1 Å². The fourth-order valence-corrected chi connectivity index (χ4v) is 1.52. The second-order valence-electron chi connectivity index (χ2n) is 4.72. The molecule has 2 rings (SSSR count). The fourth-order valence-electron chi connectivity index (χ4n) is 1.52. The number of nitrogens with zero attached hydrogens (tertiary/aromatic N) is 2. The van der Waals surface area contributed by atoms with Crippen molar-refractivity contribution < 1.29 is 4.52 Å². The van der Waals surface area contributed by atoms with E-state index in [2.05, 4.69) is 22.3 Å². The Labute approximate surface area is 113 Å². The van der Waals surface area contributed by atoms with Gasteiger partial charge in [0.25, 0.3) is 0 Å². The summed E-state index contributed by atoms with van der Waals surface area (Å²) in [5, 5.41) is 3.93. The Balaban J connectivity index is 0.00000162. The van der Waals surface area contributed by atoms with E-state index in [9.17, 15) is 0 Å². The molecular formula is C13H18ClN3O. The number of aromatic nitrogens is 2. The smallest absolute Gasteiger partial charge is 0.246 e. The lowest BCUT2D eigenvalue weighted by molar-refractivity contribution is 0.310. The molecule has 98 valence electrons. The molecular weight excluding hydrogens is 250 g/mol. The molecule has 0 fully saturated rings. The summed E-state index contributed by atoms with van der Waals surface area (Å²) >= 11 is 0. The molecule has 4 nitrogen and oxygen atoms in total. The van der Waals surface area contributed by atoms with Crippen molar-refractivity contribution in [1.29, 1.82) is 0 Å². The monoisotopic (exact) mass is 267 g/mol. The number of halogens is 1. The largest absolute Gasteiger partial charge is 0.337 e. The predicted molar refractivity (Wildman–Crippen MR) is 72.6 cm³/mol. The van der Waals surface area contributed by atoms with Crippen LogP contribution in [0.3, 0.4) is 0 Å². The van der Waals surface area contributed by atoms with E-state index in [0.717, 1.165) is 12.8 Å². The second-order valence-corrected chi connectivity index (χ2v) is 4.72. The Bertz CT molecular complexity index is 476. The maximum Gasteiger partial charge on any atom is 0.246 e. The molecule has 1 heterocycles. The molecule has 0 saturated carbocycles. The molecule has 0 bridgehead atoms. The zero-order chi connectivity index (χ0) is 12.3. The van der Waals surface area contributed by atoms with Gasteiger partial charge in [0.05, 0.1) is 5.54 Å². The molecule has 0 unspecified atom stereocenters. The van der Waals surface area contributed by atoms with Gasteiger partial charge in [-0.1, -0.05) is 35.5 Å². The summed E-state index contributed by atoms with van der Waals surface area (Å²) in [5.74, 6) is 1.20. The zero-order valence-electron chi connectivity index (χ0n) is 10.6. The van der Waals surface area contributed by atoms with Crippen molar-refractivity contribution in [2.24, 2.45) is 5.73 Å². The molecule has 5 heteroatoms. The van der Waals surface area contributed by atoms with Crippen molar-refractivity contribution in [3.8, 4) is 0 Å². The molecule has 18 heavy (non-hydrogen) atoms. The van der Waals surface area contributed by atoms with Gasteiger partial charge in [0.2, 0.25) is 5.89 Å². The van der Waals surface area contributed by atoms with E-state index in [1.54, 1.807) is 0 Å². The maximum absolute atomic E-state index is 5.88. The topological polar surface area (TPSA) is 64.9 Å². The Morgan fingerprint density at radius 1 is 1.17 bits per heavy atom. The average molecular weight is 268 g/mol. The second kappa shape index (κ2) is 5.98. The highest BCUT2D eigenvalue weighted by atomic mass is 35.5. The van der Waals surface area contributed by atoms with Crippen molar-refractivity contribution in [3.63, 3.8) is 0 Å². The van der Waals surface area contributed by atoms with Gasteiger partial charge in [0.1, 0.15) is 0 Å². The van der Waals surface area contributed by atoms with Gasteiger partial charge < -0.3 is 10.3 Å². The van der Waals surface area contributed by atoms with E-state index >= 15 is 0 Å². The third kappa shape index (κ3) is 3.82. The number of aryl methyl sites for hydroxylation is 2. The standard InChI is InChI=1S/C13H17N3O.ClH/c1-13(2,14)12-15-11(16-17-12)9-8-10-6-4-3-5-7-10;/h3-7H,8-9,14H2,1-2H3;1H. The van der Waals surface area contributed by atoms with Crippen molar-refractivity contribution in [2.45, 2.75) is 32.2 Å². The maximum atomic E-state index is 5.88. The van der Waals surface area contributed by atoms with Crippen molar-refractivity contribution >= 4 is 12.4 Å². The molecule has 1 aromatic heterocycles. The molecule has 1 aromatic carbocycles. The van der Waals surface area contributed by atoms with Gasteiger partial charge in [-0.05, 0) is 25.8 Å². The van der Waals surface area contributed by atoms with Crippen LogP contribution in [-0.2, 0) is 18.4 Å². The summed E-state index contributed by atoms with van der Waals surface area (Å²) in [5.41, 5.74) is 6.58. The number of rotatable bonds is 4. The highest BCUT2D eigenvalue weighted by Crippen LogP contribution is 2.14. The number of nitrogens with two attached hydrogens (primary N) is 1. The van der Waals surface area contributed by atoms with E-state index < -0.39 is 5.54 Å². The van der Waals surface area contributed by atoms with Gasteiger partial charge in [0.15, 0.2) is 5.82 Å². The van der Waals surface area contributed by atoms with E-state index in [4.69, 9.17) is 10.3 Å². The molecule has 0 atom stereocenters. The van der Waals surface area contributed by atoms with Crippen LogP contribution in [0.15, 0.2) is 34.9 Å². The van der Waals surface area contributed by atoms with E-state index in [1.807, 2.05) is 32.0 Å². The first-order chi connectivity index (χ1) is 8.05. The first-order valence-electron chi connectivity index (χ1n) is 5.71. The number of benzene rings is 1. The molecule has 2 N–H and O–H groups in total. The van der Waals surface area contributed by atoms with E-state index in [0.29, 0.717) is 11.7 Å². The van der Waals surface area contributed by atoms with Crippen LogP contribution in [0.25, 0.3) is 0 Å². The summed E-state index contributed by atoms with van der Waals surface area (Å²) in [6, 6.07) is 10.2. The SMILES string of the molecule is CC(C)(N)c1nc(CCc2ccccc2)no1.Cl. The molecule has 0 aliphatic rings. The van der Waals surface area contributed by atoms with Gasteiger partial charge in [0, 0.05) is 6.42 Å². The van der Waals surface area contributed by atoms with Crippen LogP contribution in [0.4, 0.5) is 0 Å². The Morgan fingerprint density at radius 3 is 2.39 bits per heavy atom. The molecule has 0 aliphatic heterocycles. The van der Waals surface area contributed by atoms with Gasteiger partial charge in [-0.2, -0.15) is 4.98 Å². The summed E-state index contributed by atoms with van der Waals surface area (Å²) in [4.78, 5) is 4.29. The molecule has 2 aromatic rings. The third-order valence-corrected chi connectivity index (χ3v) is 2.50. The number of hydrogen-bond acceptors (Lipinski definition) is 4. The Hall–Kier alpha value is -1.39. The molecule has 0 spiro atoms. The van der Waals surface area contributed by atoms with Crippen molar-refractivity contribution in [3.05, 3.63) is 47.6 Å². The molecule has 0 saturated heterocycles. The lowest BCUT2D eigenvalue weighted by Crippen LogP contribution is -2.29. The van der Waals surface area contributed by atoms with Crippen molar-refractivity contribution in [2.75, 3.05) is 0 Å². The normalized spacial score (nSPS) is 11.1. The van der Waals surface area contributed by atoms with Crippen LogP contribution >= 0.6 is 12.4 Å². The van der Waals surface area contributed by atoms with Gasteiger partial charge >= 0.3 is 0 Å². The zero-order valence-corrected chi connectivity index (χ0v) is 11.4. The minimum absolute atomic E-state index is 0. The van der Waals surface area contributed by atoms with Crippen LogP contribution < -0.4 is 5.73 Å². The number of hydrogen-bond donors (Lipinski definition) is 1. The summed E-state index contributed by atoms with van der Waals surface area (Å²) < 4.78 is 5.13. The van der Waals surface area contributed by atoms with Gasteiger partial charge in [-0.25, -0.2) is 0 Å². The first kappa shape index (κ1) is 14.7. The minimum atomic E-state index is -0.571. The van der Waals surface area contributed by atoms with Crippen LogP contribution in [0.5, 0.6) is 0 Å². The highest BCUT2D eigenvalue weighted by molar-refractivity contribution is 5.85. The van der Waals surface area contributed by atoms with Crippen LogP contribution in [-0.4, -0.2) is 10.1 Å². The Kier molecular flexibility index (Phi) is 4.87. The third-order valence-electron chi connectivity index (χ3n) is 2.50. The lowest BCUT2D eigenvalue weighted by atomic mass is 10.1. The van der Waals surface area contributed by atoms with E-state index in [1.165, 1.54) is 5.56 Å². The van der Waals surface area contributed by atoms with Crippen LogP contribution in [0.2, 0.25) is 0 Å².